The van der Waals surface area contributed by atoms with Crippen molar-refractivity contribution >= 4 is 11.6 Å². The predicted molar refractivity (Wildman–Crippen MR) is 91.2 cm³/mol. The van der Waals surface area contributed by atoms with Crippen LogP contribution in [-0.2, 0) is 4.74 Å². The van der Waals surface area contributed by atoms with Gasteiger partial charge in [-0.15, -0.1) is 0 Å². The third-order valence-electron chi connectivity index (χ3n) is 4.78. The van der Waals surface area contributed by atoms with Crippen LogP contribution >= 0.6 is 0 Å². The second kappa shape index (κ2) is 5.56. The van der Waals surface area contributed by atoms with E-state index in [1.54, 1.807) is 0 Å². The summed E-state index contributed by atoms with van der Waals surface area (Å²) in [5.74, 6) is 1.49. The van der Waals surface area contributed by atoms with Crippen molar-refractivity contribution in [2.24, 2.45) is 0 Å². The average Bonchev–Trinajstić information content (AvgIpc) is 3.42. The van der Waals surface area contributed by atoms with Crippen molar-refractivity contribution in [3.8, 4) is 11.4 Å². The van der Waals surface area contributed by atoms with Crippen molar-refractivity contribution in [2.45, 2.75) is 18.8 Å². The van der Waals surface area contributed by atoms with Crippen molar-refractivity contribution < 1.29 is 4.74 Å². The van der Waals surface area contributed by atoms with E-state index >= 15 is 0 Å². The molecule has 3 aromatic heterocycles. The highest BCUT2D eigenvalue weighted by Gasteiger charge is 2.24. The summed E-state index contributed by atoms with van der Waals surface area (Å²) in [6, 6.07) is 6.25. The van der Waals surface area contributed by atoms with Crippen LogP contribution in [0.2, 0.25) is 0 Å². The van der Waals surface area contributed by atoms with Gasteiger partial charge in [-0.2, -0.15) is 0 Å². The van der Waals surface area contributed by atoms with E-state index in [1.807, 2.05) is 18.5 Å². The number of anilines is 1. The van der Waals surface area contributed by atoms with Crippen LogP contribution in [0.5, 0.6) is 0 Å². The molecule has 2 fully saturated rings. The number of pyridine rings is 1. The predicted octanol–water partition coefficient (Wildman–Crippen LogP) is 2.51. The molecule has 0 radical (unpaired) electrons. The summed E-state index contributed by atoms with van der Waals surface area (Å²) < 4.78 is 7.56. The standard InChI is InChI=1S/C18H19N5O/c1-2-13(1)14-3-4-17-20-11-16(23(17)12-14)15-5-6-19-18(21-15)22-7-9-24-10-8-22/h3-6,11-13H,1-2,7-10H2. The van der Waals surface area contributed by atoms with Crippen LogP contribution in [0.4, 0.5) is 5.95 Å². The molecule has 2 aliphatic rings. The molecule has 0 spiro atoms. The van der Waals surface area contributed by atoms with Gasteiger partial charge in [-0.3, -0.25) is 4.40 Å². The Kier molecular flexibility index (Phi) is 3.23. The van der Waals surface area contributed by atoms with Crippen molar-refractivity contribution in [2.75, 3.05) is 31.2 Å². The molecule has 0 unspecified atom stereocenters. The van der Waals surface area contributed by atoms with Gasteiger partial charge in [0.25, 0.3) is 0 Å². The fourth-order valence-corrected chi connectivity index (χ4v) is 3.25. The summed E-state index contributed by atoms with van der Waals surface area (Å²) in [4.78, 5) is 15.9. The van der Waals surface area contributed by atoms with E-state index in [2.05, 4.69) is 37.6 Å². The number of rotatable bonds is 3. The van der Waals surface area contributed by atoms with Gasteiger partial charge in [-0.1, -0.05) is 6.07 Å². The monoisotopic (exact) mass is 321 g/mol. The molecule has 122 valence electrons. The van der Waals surface area contributed by atoms with E-state index in [0.29, 0.717) is 0 Å². The lowest BCUT2D eigenvalue weighted by molar-refractivity contribution is 0.122. The van der Waals surface area contributed by atoms with Crippen molar-refractivity contribution in [1.82, 2.24) is 19.4 Å². The Morgan fingerprint density at radius 2 is 1.92 bits per heavy atom. The molecule has 6 nitrogen and oxygen atoms in total. The molecule has 1 aliphatic carbocycles. The van der Waals surface area contributed by atoms with Crippen LogP contribution in [0.3, 0.4) is 0 Å². The quantitative estimate of drug-likeness (QED) is 0.742. The fourth-order valence-electron chi connectivity index (χ4n) is 3.25. The zero-order chi connectivity index (χ0) is 15.9. The average molecular weight is 321 g/mol. The van der Waals surface area contributed by atoms with E-state index in [9.17, 15) is 0 Å². The molecule has 0 bridgehead atoms. The van der Waals surface area contributed by atoms with Gasteiger partial charge in [0.15, 0.2) is 0 Å². The Morgan fingerprint density at radius 1 is 1.04 bits per heavy atom. The maximum absolute atomic E-state index is 5.41. The molecule has 0 amide bonds. The van der Waals surface area contributed by atoms with Gasteiger partial charge in [-0.05, 0) is 36.5 Å². The first-order valence-electron chi connectivity index (χ1n) is 8.51. The number of ether oxygens (including phenoxy) is 1. The van der Waals surface area contributed by atoms with E-state index in [4.69, 9.17) is 9.72 Å². The fraction of sp³-hybridized carbons (Fsp3) is 0.389. The zero-order valence-corrected chi connectivity index (χ0v) is 13.4. The SMILES string of the molecule is c1cc(-c2cnc3ccc(C4CC4)cn23)nc(N2CCOCC2)n1. The van der Waals surface area contributed by atoms with E-state index in [0.717, 1.165) is 55.2 Å². The number of fused-ring (bicyclic) bond motifs is 1. The Hall–Kier alpha value is -2.47. The number of morpholine rings is 1. The minimum atomic E-state index is 0.721. The van der Waals surface area contributed by atoms with Crippen LogP contribution < -0.4 is 4.90 Å². The summed E-state index contributed by atoms with van der Waals surface area (Å²) in [5.41, 5.74) is 4.28. The van der Waals surface area contributed by atoms with E-state index in [-0.39, 0.29) is 0 Å². The number of nitrogens with zero attached hydrogens (tertiary/aromatic N) is 5. The zero-order valence-electron chi connectivity index (χ0n) is 13.4. The Morgan fingerprint density at radius 3 is 2.75 bits per heavy atom. The summed E-state index contributed by atoms with van der Waals surface area (Å²) in [6.45, 7) is 3.13. The number of aromatic nitrogens is 4. The minimum absolute atomic E-state index is 0.721. The van der Waals surface area contributed by atoms with Crippen LogP contribution in [0.25, 0.3) is 17.0 Å². The Balaban J connectivity index is 1.55. The topological polar surface area (TPSA) is 55.5 Å². The lowest BCUT2D eigenvalue weighted by atomic mass is 10.2. The summed E-state index contributed by atoms with van der Waals surface area (Å²) in [7, 11) is 0. The van der Waals surface area contributed by atoms with E-state index < -0.39 is 0 Å². The van der Waals surface area contributed by atoms with Crippen LogP contribution in [0.15, 0.2) is 36.8 Å². The van der Waals surface area contributed by atoms with Gasteiger partial charge < -0.3 is 9.64 Å². The lowest BCUT2D eigenvalue weighted by Crippen LogP contribution is -2.37. The van der Waals surface area contributed by atoms with Crippen LogP contribution in [0, 0.1) is 0 Å². The second-order valence-electron chi connectivity index (χ2n) is 6.45. The van der Waals surface area contributed by atoms with Gasteiger partial charge in [0.1, 0.15) is 5.65 Å². The van der Waals surface area contributed by atoms with Crippen LogP contribution in [-0.4, -0.2) is 45.7 Å². The first-order valence-corrected chi connectivity index (χ1v) is 8.51. The van der Waals surface area contributed by atoms with Gasteiger partial charge in [-0.25, -0.2) is 15.0 Å². The molecule has 1 aliphatic heterocycles. The van der Waals surface area contributed by atoms with E-state index in [1.165, 1.54) is 18.4 Å². The molecule has 0 atom stereocenters. The lowest BCUT2D eigenvalue weighted by Gasteiger charge is -2.26. The number of hydrogen-bond acceptors (Lipinski definition) is 5. The molecule has 1 saturated heterocycles. The minimum Gasteiger partial charge on any atom is -0.378 e. The molecule has 1 saturated carbocycles. The maximum Gasteiger partial charge on any atom is 0.226 e. The largest absolute Gasteiger partial charge is 0.378 e. The summed E-state index contributed by atoms with van der Waals surface area (Å²) in [5, 5.41) is 0. The molecule has 4 heterocycles. The first-order chi connectivity index (χ1) is 11.9. The first kappa shape index (κ1) is 13.9. The third-order valence-corrected chi connectivity index (χ3v) is 4.78. The molecule has 0 aromatic carbocycles. The summed E-state index contributed by atoms with van der Waals surface area (Å²) in [6.07, 6.45) is 8.54. The molecule has 6 heteroatoms. The number of hydrogen-bond donors (Lipinski definition) is 0. The van der Waals surface area contributed by atoms with Crippen LogP contribution in [0.1, 0.15) is 24.3 Å². The maximum atomic E-state index is 5.41. The molecule has 0 N–H and O–H groups in total. The van der Waals surface area contributed by atoms with Gasteiger partial charge in [0.05, 0.1) is 30.8 Å². The Labute approximate surface area is 140 Å². The molecule has 5 rings (SSSR count). The normalized spacial score (nSPS) is 18.2. The second-order valence-corrected chi connectivity index (χ2v) is 6.45. The molecular weight excluding hydrogens is 302 g/mol. The van der Waals surface area contributed by atoms with Crippen molar-refractivity contribution in [3.05, 3.63) is 42.4 Å². The highest BCUT2D eigenvalue weighted by Crippen LogP contribution is 2.40. The number of imidazole rings is 1. The highest BCUT2D eigenvalue weighted by atomic mass is 16.5. The third kappa shape index (κ3) is 2.43. The van der Waals surface area contributed by atoms with Crippen molar-refractivity contribution in [3.63, 3.8) is 0 Å². The molecule has 3 aromatic rings. The van der Waals surface area contributed by atoms with Gasteiger partial charge >= 0.3 is 0 Å². The van der Waals surface area contributed by atoms with Gasteiger partial charge in [0, 0.05) is 25.5 Å². The Bertz CT molecular complexity index is 880. The molecular formula is C18H19N5O. The smallest absolute Gasteiger partial charge is 0.226 e. The summed E-state index contributed by atoms with van der Waals surface area (Å²) >= 11 is 0. The highest BCUT2D eigenvalue weighted by molar-refractivity contribution is 5.61. The molecule has 24 heavy (non-hydrogen) atoms. The van der Waals surface area contributed by atoms with Gasteiger partial charge in [0.2, 0.25) is 5.95 Å². The van der Waals surface area contributed by atoms with Crippen molar-refractivity contribution in [1.29, 1.82) is 0 Å².